The number of hydrogen-bond acceptors (Lipinski definition) is 9. The molecule has 0 fully saturated rings. The standard InChI is InChI=1S/C19H43NO8Si2/c1-9-14-20(30(26-10-2,27-11-3)28-12-4)17-18(5)19(21)25-15-13-16-29(22-6,23-7)24-8/h18H,9-17H2,1-8H3. The summed E-state index contributed by atoms with van der Waals surface area (Å²) in [6.45, 7) is 12.6. The third-order valence-corrected chi connectivity index (χ3v) is 10.5. The van der Waals surface area contributed by atoms with Gasteiger partial charge in [0.1, 0.15) is 0 Å². The van der Waals surface area contributed by atoms with Gasteiger partial charge in [0.2, 0.25) is 0 Å². The Morgan fingerprint density at radius 2 is 1.40 bits per heavy atom. The molecule has 11 heteroatoms. The Morgan fingerprint density at radius 1 is 0.900 bits per heavy atom. The molecule has 0 saturated heterocycles. The lowest BCUT2D eigenvalue weighted by Gasteiger charge is -2.38. The lowest BCUT2D eigenvalue weighted by Crippen LogP contribution is -2.62. The lowest BCUT2D eigenvalue weighted by atomic mass is 10.2. The molecule has 0 aliphatic heterocycles. The van der Waals surface area contributed by atoms with Gasteiger partial charge in [0, 0.05) is 53.7 Å². The SMILES string of the molecule is CCCN(CC(C)C(=O)OCCC[Si](OC)(OC)OC)[Si](OCC)(OCC)OCC. The van der Waals surface area contributed by atoms with Crippen LogP contribution in [0.2, 0.25) is 6.04 Å². The van der Waals surface area contributed by atoms with E-state index in [2.05, 4.69) is 11.5 Å². The molecule has 0 aliphatic rings. The van der Waals surface area contributed by atoms with Crippen LogP contribution in [0, 0.1) is 5.92 Å². The average molecular weight is 470 g/mol. The predicted molar refractivity (Wildman–Crippen MR) is 119 cm³/mol. The van der Waals surface area contributed by atoms with Crippen molar-refractivity contribution in [3.05, 3.63) is 0 Å². The van der Waals surface area contributed by atoms with Crippen molar-refractivity contribution in [2.45, 2.75) is 53.5 Å². The fraction of sp³-hybridized carbons (Fsp3) is 0.947. The number of nitrogens with zero attached hydrogens (tertiary/aromatic N) is 1. The van der Waals surface area contributed by atoms with Gasteiger partial charge >= 0.3 is 23.7 Å². The first kappa shape index (κ1) is 29.6. The molecule has 0 bridgehead atoms. The van der Waals surface area contributed by atoms with Crippen molar-refractivity contribution >= 4 is 23.7 Å². The second-order valence-corrected chi connectivity index (χ2v) is 12.4. The molecular weight excluding hydrogens is 426 g/mol. The molecule has 9 nitrogen and oxygen atoms in total. The van der Waals surface area contributed by atoms with E-state index in [1.54, 1.807) is 21.3 Å². The van der Waals surface area contributed by atoms with Gasteiger partial charge in [-0.3, -0.25) is 9.36 Å². The molecule has 180 valence electrons. The summed E-state index contributed by atoms with van der Waals surface area (Å²) >= 11 is 0. The van der Waals surface area contributed by atoms with Crippen molar-refractivity contribution in [2.24, 2.45) is 5.92 Å². The number of esters is 1. The first-order valence-corrected chi connectivity index (χ1v) is 14.4. The number of rotatable bonds is 19. The minimum Gasteiger partial charge on any atom is -0.465 e. The third kappa shape index (κ3) is 9.41. The first-order valence-electron chi connectivity index (χ1n) is 10.8. The van der Waals surface area contributed by atoms with Crippen LogP contribution in [-0.2, 0) is 36.1 Å². The van der Waals surface area contributed by atoms with Crippen LogP contribution in [0.15, 0.2) is 0 Å². The minimum absolute atomic E-state index is 0.261. The van der Waals surface area contributed by atoms with Crippen molar-refractivity contribution < 1.29 is 36.1 Å². The van der Waals surface area contributed by atoms with Gasteiger partial charge in [-0.05, 0) is 40.2 Å². The topological polar surface area (TPSA) is 84.9 Å². The molecule has 0 heterocycles. The molecule has 0 aromatic rings. The van der Waals surface area contributed by atoms with E-state index >= 15 is 0 Å². The Kier molecular flexibility index (Phi) is 16.1. The maximum atomic E-state index is 12.6. The molecular formula is C19H43NO8Si2. The van der Waals surface area contributed by atoms with Crippen molar-refractivity contribution in [1.29, 1.82) is 0 Å². The van der Waals surface area contributed by atoms with E-state index in [4.69, 9.17) is 31.3 Å². The van der Waals surface area contributed by atoms with Crippen LogP contribution in [0.3, 0.4) is 0 Å². The van der Waals surface area contributed by atoms with Gasteiger partial charge in [0.05, 0.1) is 12.5 Å². The van der Waals surface area contributed by atoms with Crippen molar-refractivity contribution in [3.63, 3.8) is 0 Å². The largest absolute Gasteiger partial charge is 0.599 e. The van der Waals surface area contributed by atoms with Crippen molar-refractivity contribution in [2.75, 3.05) is 60.8 Å². The quantitative estimate of drug-likeness (QED) is 0.161. The van der Waals surface area contributed by atoms with E-state index in [0.717, 1.165) is 6.42 Å². The monoisotopic (exact) mass is 469 g/mol. The van der Waals surface area contributed by atoms with Gasteiger partial charge in [-0.25, -0.2) is 0 Å². The maximum absolute atomic E-state index is 12.6. The van der Waals surface area contributed by atoms with E-state index in [0.29, 0.717) is 45.4 Å². The highest BCUT2D eigenvalue weighted by Crippen LogP contribution is 2.20. The van der Waals surface area contributed by atoms with Crippen molar-refractivity contribution in [1.82, 2.24) is 4.57 Å². The molecule has 0 N–H and O–H groups in total. The van der Waals surface area contributed by atoms with Gasteiger partial charge in [-0.1, -0.05) is 13.8 Å². The molecule has 0 saturated carbocycles. The highest BCUT2D eigenvalue weighted by Gasteiger charge is 2.49. The third-order valence-electron chi connectivity index (χ3n) is 4.56. The smallest absolute Gasteiger partial charge is 0.465 e. The Morgan fingerprint density at radius 3 is 1.80 bits per heavy atom. The van der Waals surface area contributed by atoms with E-state index in [9.17, 15) is 4.79 Å². The number of carbonyl (C=O) groups is 1. The summed E-state index contributed by atoms with van der Waals surface area (Å²) < 4.78 is 41.7. The van der Waals surface area contributed by atoms with Crippen LogP contribution in [0.25, 0.3) is 0 Å². The summed E-state index contributed by atoms with van der Waals surface area (Å²) in [5.74, 6) is -0.609. The second kappa shape index (κ2) is 16.3. The summed E-state index contributed by atoms with van der Waals surface area (Å²) in [6, 6.07) is 0.579. The molecule has 0 rings (SSSR count). The van der Waals surface area contributed by atoms with Crippen LogP contribution in [0.1, 0.15) is 47.5 Å². The molecule has 0 amide bonds. The van der Waals surface area contributed by atoms with Gasteiger partial charge in [0.15, 0.2) is 0 Å². The van der Waals surface area contributed by atoms with Gasteiger partial charge < -0.3 is 31.3 Å². The summed E-state index contributed by atoms with van der Waals surface area (Å²) in [6.07, 6.45) is 1.50. The van der Waals surface area contributed by atoms with Crippen molar-refractivity contribution in [3.8, 4) is 0 Å². The zero-order valence-electron chi connectivity index (χ0n) is 20.2. The molecule has 30 heavy (non-hydrogen) atoms. The number of ether oxygens (including phenoxy) is 1. The second-order valence-electron chi connectivity index (χ2n) is 6.74. The predicted octanol–water partition coefficient (Wildman–Crippen LogP) is 2.69. The van der Waals surface area contributed by atoms with Gasteiger partial charge in [0.25, 0.3) is 0 Å². The van der Waals surface area contributed by atoms with Gasteiger partial charge in [-0.15, -0.1) is 0 Å². The molecule has 1 unspecified atom stereocenters. The number of carbonyl (C=O) groups excluding carboxylic acids is 1. The van der Waals surface area contributed by atoms with Crippen LogP contribution in [-0.4, -0.2) is 89.2 Å². The Bertz CT molecular complexity index is 429. The fourth-order valence-electron chi connectivity index (χ4n) is 3.12. The van der Waals surface area contributed by atoms with Crippen LogP contribution >= 0.6 is 0 Å². The van der Waals surface area contributed by atoms with Crippen LogP contribution in [0.4, 0.5) is 0 Å². The summed E-state index contributed by atoms with van der Waals surface area (Å²) in [5.41, 5.74) is 0. The lowest BCUT2D eigenvalue weighted by molar-refractivity contribution is -0.148. The zero-order chi connectivity index (χ0) is 23.0. The highest BCUT2D eigenvalue weighted by atomic mass is 28.4. The molecule has 0 aromatic heterocycles. The van der Waals surface area contributed by atoms with E-state index in [1.165, 1.54) is 0 Å². The molecule has 0 radical (unpaired) electrons. The van der Waals surface area contributed by atoms with E-state index in [-0.39, 0.29) is 18.5 Å². The Balaban J connectivity index is 4.95. The molecule has 0 aromatic carbocycles. The minimum atomic E-state index is -3.05. The zero-order valence-corrected chi connectivity index (χ0v) is 22.2. The number of hydrogen-bond donors (Lipinski definition) is 0. The van der Waals surface area contributed by atoms with E-state index in [1.807, 2.05) is 27.7 Å². The van der Waals surface area contributed by atoms with Crippen LogP contribution < -0.4 is 0 Å². The fourth-order valence-corrected chi connectivity index (χ4v) is 7.70. The summed E-state index contributed by atoms with van der Waals surface area (Å²) in [4.78, 5) is 12.6. The first-order chi connectivity index (χ1) is 14.3. The highest BCUT2D eigenvalue weighted by molar-refractivity contribution is 6.60. The van der Waals surface area contributed by atoms with E-state index < -0.39 is 17.8 Å². The maximum Gasteiger partial charge on any atom is 0.599 e. The molecule has 1 atom stereocenters. The Hall–Kier alpha value is -0.376. The van der Waals surface area contributed by atoms with Gasteiger partial charge in [-0.2, -0.15) is 0 Å². The summed E-state index contributed by atoms with van der Waals surface area (Å²) in [5, 5.41) is 0. The Labute approximate surface area is 185 Å². The molecule has 0 spiro atoms. The summed E-state index contributed by atoms with van der Waals surface area (Å²) in [7, 11) is -0.989. The molecule has 0 aliphatic carbocycles. The van der Waals surface area contributed by atoms with Crippen LogP contribution in [0.5, 0.6) is 0 Å². The normalized spacial score (nSPS) is 13.6. The average Bonchev–Trinajstić information content (AvgIpc) is 2.74.